The van der Waals surface area contributed by atoms with E-state index in [1.165, 1.54) is 5.01 Å². The molecule has 116 valence electrons. The van der Waals surface area contributed by atoms with Crippen LogP contribution >= 0.6 is 0 Å². The maximum Gasteiger partial charge on any atom is 0.261 e. The van der Waals surface area contributed by atoms with Gasteiger partial charge in [-0.3, -0.25) is 9.79 Å². The zero-order valence-corrected chi connectivity index (χ0v) is 13.0. The third kappa shape index (κ3) is 2.95. The molecule has 22 heavy (non-hydrogen) atoms. The number of para-hydroxylation sites is 1. The molecular weight excluding hydrogens is 278 g/mol. The van der Waals surface area contributed by atoms with Crippen LogP contribution in [-0.4, -0.2) is 36.6 Å². The molecule has 0 bridgehead atoms. The minimum Gasteiger partial charge on any atom is -0.376 e. The van der Waals surface area contributed by atoms with Crippen molar-refractivity contribution in [1.82, 2.24) is 0 Å². The summed E-state index contributed by atoms with van der Waals surface area (Å²) in [5.41, 5.74) is 2.41. The Morgan fingerprint density at radius 2 is 2.18 bits per heavy atom. The fourth-order valence-electron chi connectivity index (χ4n) is 2.93. The number of aliphatic imine (C=N–C) groups is 1. The van der Waals surface area contributed by atoms with E-state index in [0.29, 0.717) is 6.54 Å². The van der Waals surface area contributed by atoms with Gasteiger partial charge in [0.05, 0.1) is 24.0 Å². The number of hydrogen-bond donors (Lipinski definition) is 0. The van der Waals surface area contributed by atoms with Crippen LogP contribution in [0, 0.1) is 5.92 Å². The molecule has 0 spiro atoms. The third-order valence-electron chi connectivity index (χ3n) is 4.12. The number of nitrogens with zero attached hydrogens (tertiary/aromatic N) is 3. The molecule has 1 aromatic rings. The van der Waals surface area contributed by atoms with E-state index in [2.05, 4.69) is 10.1 Å². The molecule has 2 atom stereocenters. The molecule has 0 aliphatic carbocycles. The normalized spacial score (nSPS) is 25.7. The Balaban J connectivity index is 1.73. The van der Waals surface area contributed by atoms with E-state index in [0.717, 1.165) is 36.6 Å². The van der Waals surface area contributed by atoms with Gasteiger partial charge in [0.15, 0.2) is 0 Å². The number of anilines is 1. The zero-order valence-electron chi connectivity index (χ0n) is 13.0. The second kappa shape index (κ2) is 6.40. The highest BCUT2D eigenvalue weighted by atomic mass is 16.5. The molecular formula is C17H21N3O2. The van der Waals surface area contributed by atoms with Crippen LogP contribution in [0.25, 0.3) is 0 Å². The quantitative estimate of drug-likeness (QED) is 0.803. The molecule has 1 aromatic carbocycles. The van der Waals surface area contributed by atoms with Crippen LogP contribution in [0.5, 0.6) is 0 Å². The lowest BCUT2D eigenvalue weighted by Crippen LogP contribution is -2.32. The van der Waals surface area contributed by atoms with E-state index in [9.17, 15) is 4.79 Å². The maximum absolute atomic E-state index is 12.7. The van der Waals surface area contributed by atoms with Crippen molar-refractivity contribution < 1.29 is 9.53 Å². The maximum atomic E-state index is 12.7. The summed E-state index contributed by atoms with van der Waals surface area (Å²) in [5, 5.41) is 5.89. The average Bonchev–Trinajstić information content (AvgIpc) is 3.14. The molecule has 0 unspecified atom stereocenters. The summed E-state index contributed by atoms with van der Waals surface area (Å²) in [6.07, 6.45) is 2.36. The van der Waals surface area contributed by atoms with Crippen LogP contribution in [0.4, 0.5) is 5.69 Å². The molecule has 3 rings (SSSR count). The molecule has 1 fully saturated rings. The summed E-state index contributed by atoms with van der Waals surface area (Å²) in [7, 11) is 0. The number of hydrazone groups is 1. The van der Waals surface area contributed by atoms with E-state index in [1.54, 1.807) is 0 Å². The lowest BCUT2D eigenvalue weighted by atomic mass is 9.99. The first kappa shape index (κ1) is 14.9. The minimum atomic E-state index is -0.346. The Morgan fingerprint density at radius 3 is 2.86 bits per heavy atom. The van der Waals surface area contributed by atoms with Gasteiger partial charge in [-0.25, -0.2) is 0 Å². The van der Waals surface area contributed by atoms with Gasteiger partial charge in [-0.05, 0) is 38.8 Å². The van der Waals surface area contributed by atoms with Gasteiger partial charge in [0.25, 0.3) is 5.91 Å². The van der Waals surface area contributed by atoms with Crippen LogP contribution in [0.3, 0.4) is 0 Å². The molecule has 1 saturated heterocycles. The standard InChI is InChI=1S/C17H21N3O2/c1-12(18-11-15-9-6-10-22-15)16-13(2)19-20(17(16)21)14-7-4-3-5-8-14/h3-5,7-8,15-16H,6,9-11H2,1-2H3/t15-,16+/m0/s1. The van der Waals surface area contributed by atoms with Crippen LogP contribution in [0.1, 0.15) is 26.7 Å². The van der Waals surface area contributed by atoms with E-state index in [4.69, 9.17) is 4.74 Å². The Labute approximate surface area is 130 Å². The van der Waals surface area contributed by atoms with Gasteiger partial charge in [0.2, 0.25) is 0 Å². The van der Waals surface area contributed by atoms with E-state index >= 15 is 0 Å². The lowest BCUT2D eigenvalue weighted by molar-refractivity contribution is -0.118. The highest BCUT2D eigenvalue weighted by molar-refractivity contribution is 6.27. The van der Waals surface area contributed by atoms with Gasteiger partial charge in [-0.1, -0.05) is 18.2 Å². The van der Waals surface area contributed by atoms with Crippen LogP contribution in [0.2, 0.25) is 0 Å². The Kier molecular flexibility index (Phi) is 4.34. The predicted molar refractivity (Wildman–Crippen MR) is 87.5 cm³/mol. The summed E-state index contributed by atoms with van der Waals surface area (Å²) >= 11 is 0. The van der Waals surface area contributed by atoms with Crippen molar-refractivity contribution in [3.05, 3.63) is 30.3 Å². The first-order valence-electron chi connectivity index (χ1n) is 7.73. The van der Waals surface area contributed by atoms with Crippen molar-refractivity contribution in [1.29, 1.82) is 0 Å². The van der Waals surface area contributed by atoms with Gasteiger partial charge >= 0.3 is 0 Å². The van der Waals surface area contributed by atoms with Crippen molar-refractivity contribution in [2.75, 3.05) is 18.2 Å². The summed E-state index contributed by atoms with van der Waals surface area (Å²) in [5.74, 6) is -0.376. The highest BCUT2D eigenvalue weighted by Crippen LogP contribution is 2.24. The van der Waals surface area contributed by atoms with Crippen molar-refractivity contribution in [3.63, 3.8) is 0 Å². The Hall–Kier alpha value is -2.01. The summed E-state index contributed by atoms with van der Waals surface area (Å²) in [4.78, 5) is 17.2. The monoisotopic (exact) mass is 299 g/mol. The molecule has 0 radical (unpaired) electrons. The molecule has 0 aromatic heterocycles. The van der Waals surface area contributed by atoms with Gasteiger partial charge in [-0.15, -0.1) is 0 Å². The van der Waals surface area contributed by atoms with E-state index < -0.39 is 0 Å². The van der Waals surface area contributed by atoms with Gasteiger partial charge in [0.1, 0.15) is 5.92 Å². The first-order chi connectivity index (χ1) is 10.7. The van der Waals surface area contributed by atoms with Gasteiger partial charge in [-0.2, -0.15) is 10.1 Å². The number of hydrogen-bond acceptors (Lipinski definition) is 4. The van der Waals surface area contributed by atoms with Gasteiger partial charge in [0, 0.05) is 12.3 Å². The molecule has 0 saturated carbocycles. The smallest absolute Gasteiger partial charge is 0.261 e. The summed E-state index contributed by atoms with van der Waals surface area (Å²) in [6, 6.07) is 9.50. The third-order valence-corrected chi connectivity index (χ3v) is 4.12. The molecule has 0 N–H and O–H groups in total. The van der Waals surface area contributed by atoms with E-state index in [1.807, 2.05) is 44.2 Å². The molecule has 2 heterocycles. The first-order valence-corrected chi connectivity index (χ1v) is 7.73. The topological polar surface area (TPSA) is 54.3 Å². The Bertz CT molecular complexity index is 604. The average molecular weight is 299 g/mol. The predicted octanol–water partition coefficient (Wildman–Crippen LogP) is 2.67. The number of ether oxygens (including phenoxy) is 1. The summed E-state index contributed by atoms with van der Waals surface area (Å²) in [6.45, 7) is 5.25. The van der Waals surface area contributed by atoms with Crippen molar-refractivity contribution in [3.8, 4) is 0 Å². The largest absolute Gasteiger partial charge is 0.376 e. The lowest BCUT2D eigenvalue weighted by Gasteiger charge is -2.14. The molecule has 5 nitrogen and oxygen atoms in total. The zero-order chi connectivity index (χ0) is 15.5. The van der Waals surface area contributed by atoms with Crippen LogP contribution < -0.4 is 5.01 Å². The number of carbonyl (C=O) groups is 1. The number of carbonyl (C=O) groups excluding carboxylic acids is 1. The second-order valence-electron chi connectivity index (χ2n) is 5.78. The number of amides is 1. The highest BCUT2D eigenvalue weighted by Gasteiger charge is 2.36. The molecule has 1 amide bonds. The van der Waals surface area contributed by atoms with Gasteiger partial charge < -0.3 is 4.74 Å². The number of benzene rings is 1. The van der Waals surface area contributed by atoms with Crippen molar-refractivity contribution in [2.45, 2.75) is 32.8 Å². The van der Waals surface area contributed by atoms with Crippen molar-refractivity contribution >= 4 is 23.0 Å². The summed E-state index contributed by atoms with van der Waals surface area (Å²) < 4.78 is 5.58. The minimum absolute atomic E-state index is 0.0303. The van der Waals surface area contributed by atoms with Crippen LogP contribution in [-0.2, 0) is 9.53 Å². The molecule has 5 heteroatoms. The van der Waals surface area contributed by atoms with Crippen molar-refractivity contribution in [2.24, 2.45) is 16.0 Å². The second-order valence-corrected chi connectivity index (χ2v) is 5.78. The fraction of sp³-hybridized carbons (Fsp3) is 0.471. The number of rotatable bonds is 4. The molecule has 2 aliphatic heterocycles. The Morgan fingerprint density at radius 1 is 1.41 bits per heavy atom. The van der Waals surface area contributed by atoms with Crippen LogP contribution in [0.15, 0.2) is 40.4 Å². The molecule has 2 aliphatic rings. The fourth-order valence-corrected chi connectivity index (χ4v) is 2.93. The van der Waals surface area contributed by atoms with E-state index in [-0.39, 0.29) is 17.9 Å². The SMILES string of the molecule is CC(=NC[C@@H]1CCCO1)[C@H]1C(=O)N(c2ccccc2)N=C1C.